The second-order valence-corrected chi connectivity index (χ2v) is 7.07. The van der Waals surface area contributed by atoms with Crippen molar-refractivity contribution >= 4 is 29.5 Å². The summed E-state index contributed by atoms with van der Waals surface area (Å²) in [5.74, 6) is -1.09. The Morgan fingerprint density at radius 1 is 0.971 bits per heavy atom. The summed E-state index contributed by atoms with van der Waals surface area (Å²) in [4.78, 5) is 44.7. The third-order valence-corrected chi connectivity index (χ3v) is 4.48. The zero-order valence-corrected chi connectivity index (χ0v) is 18.2. The number of aryl methyl sites for hydroxylation is 1. The first kappa shape index (κ1) is 24.5. The zero-order valence-electron chi connectivity index (χ0n) is 18.2. The van der Waals surface area contributed by atoms with E-state index in [4.69, 9.17) is 9.47 Å². The molecule has 0 saturated carbocycles. The van der Waals surface area contributed by atoms with Crippen LogP contribution in [0.15, 0.2) is 71.8 Å². The number of non-ortho nitro benzene ring substituents is 1. The summed E-state index contributed by atoms with van der Waals surface area (Å²) in [5.41, 5.74) is 3.29. The number of carbonyl (C=O) groups excluding carboxylic acids is 2. The molecule has 0 aliphatic rings. The molecule has 0 unspecified atom stereocenters. The van der Waals surface area contributed by atoms with E-state index in [2.05, 4.69) is 10.5 Å². The van der Waals surface area contributed by atoms with Crippen LogP contribution in [-0.4, -0.2) is 34.5 Å². The molecule has 12 heteroatoms. The van der Waals surface area contributed by atoms with Crippen molar-refractivity contribution in [2.75, 3.05) is 6.61 Å². The quantitative estimate of drug-likeness (QED) is 0.160. The van der Waals surface area contributed by atoms with Gasteiger partial charge in [0.1, 0.15) is 5.75 Å². The molecule has 12 nitrogen and oxygen atoms in total. The van der Waals surface area contributed by atoms with Gasteiger partial charge in [0.25, 0.3) is 11.6 Å². The first-order chi connectivity index (χ1) is 16.7. The Balaban J connectivity index is 1.49. The predicted octanol–water partition coefficient (Wildman–Crippen LogP) is 3.56. The Morgan fingerprint density at radius 2 is 1.66 bits per heavy atom. The fourth-order valence-electron chi connectivity index (χ4n) is 2.75. The van der Waals surface area contributed by atoms with E-state index in [1.807, 2.05) is 0 Å². The summed E-state index contributed by atoms with van der Waals surface area (Å²) in [6, 6.07) is 15.6. The number of benzene rings is 3. The third-order valence-electron chi connectivity index (χ3n) is 4.48. The molecule has 0 aliphatic heterocycles. The molecule has 0 aromatic heterocycles. The first-order valence-corrected chi connectivity index (χ1v) is 9.99. The number of hydrazone groups is 1. The summed E-state index contributed by atoms with van der Waals surface area (Å²) < 4.78 is 10.4. The number of rotatable bonds is 9. The van der Waals surface area contributed by atoms with E-state index in [0.29, 0.717) is 11.1 Å². The topological polar surface area (TPSA) is 163 Å². The average molecular weight is 478 g/mol. The van der Waals surface area contributed by atoms with E-state index < -0.39 is 28.3 Å². The Labute approximate surface area is 198 Å². The molecule has 0 radical (unpaired) electrons. The predicted molar refractivity (Wildman–Crippen MR) is 124 cm³/mol. The van der Waals surface area contributed by atoms with Crippen molar-refractivity contribution in [3.8, 4) is 11.5 Å². The van der Waals surface area contributed by atoms with Crippen LogP contribution in [0.25, 0.3) is 0 Å². The SMILES string of the molecule is Cc1ccc(OCC(=O)N/N=C/c2ccc(OC(=O)c3ccc([N+](=O)[O-])cc3)cc2)c([N+](=O)[O-])c1. The number of amides is 1. The normalized spacial score (nSPS) is 10.5. The summed E-state index contributed by atoms with van der Waals surface area (Å²) in [5, 5.41) is 25.6. The highest BCUT2D eigenvalue weighted by atomic mass is 16.6. The molecule has 0 aliphatic carbocycles. The van der Waals surface area contributed by atoms with Crippen LogP contribution >= 0.6 is 0 Å². The van der Waals surface area contributed by atoms with Gasteiger partial charge in [0.15, 0.2) is 12.4 Å². The molecular weight excluding hydrogens is 460 g/mol. The van der Waals surface area contributed by atoms with Crippen LogP contribution in [-0.2, 0) is 4.79 Å². The summed E-state index contributed by atoms with van der Waals surface area (Å²) in [7, 11) is 0. The number of hydrogen-bond donors (Lipinski definition) is 1. The minimum absolute atomic E-state index is 0.0291. The average Bonchev–Trinajstić information content (AvgIpc) is 2.84. The molecule has 35 heavy (non-hydrogen) atoms. The fraction of sp³-hybridized carbons (Fsp3) is 0.0870. The van der Waals surface area contributed by atoms with Gasteiger partial charge in [-0.05, 0) is 60.5 Å². The lowest BCUT2D eigenvalue weighted by molar-refractivity contribution is -0.385. The van der Waals surface area contributed by atoms with Crippen LogP contribution in [0.1, 0.15) is 21.5 Å². The van der Waals surface area contributed by atoms with E-state index >= 15 is 0 Å². The zero-order chi connectivity index (χ0) is 25.4. The maximum absolute atomic E-state index is 12.2. The smallest absolute Gasteiger partial charge is 0.343 e. The van der Waals surface area contributed by atoms with Crippen LogP contribution in [0.4, 0.5) is 11.4 Å². The molecule has 3 rings (SSSR count). The summed E-state index contributed by atoms with van der Waals surface area (Å²) in [6.45, 7) is 1.23. The van der Waals surface area contributed by atoms with Gasteiger partial charge in [-0.25, -0.2) is 10.2 Å². The number of nitrogens with zero attached hydrogens (tertiary/aromatic N) is 3. The Bertz CT molecular complexity index is 1290. The maximum Gasteiger partial charge on any atom is 0.343 e. The lowest BCUT2D eigenvalue weighted by atomic mass is 10.2. The maximum atomic E-state index is 12.2. The van der Waals surface area contributed by atoms with E-state index in [-0.39, 0.29) is 28.4 Å². The van der Waals surface area contributed by atoms with Gasteiger partial charge in [-0.15, -0.1) is 0 Å². The van der Waals surface area contributed by atoms with Crippen LogP contribution in [0, 0.1) is 27.2 Å². The van der Waals surface area contributed by atoms with Gasteiger partial charge in [-0.2, -0.15) is 5.10 Å². The van der Waals surface area contributed by atoms with Gasteiger partial charge in [0, 0.05) is 18.2 Å². The number of nitrogens with one attached hydrogen (secondary N) is 1. The third kappa shape index (κ3) is 6.92. The van der Waals surface area contributed by atoms with Gasteiger partial charge in [0.05, 0.1) is 21.6 Å². The standard InChI is InChI=1S/C23H18N4O8/c1-15-2-11-21(20(12-15)27(32)33)34-14-22(28)25-24-13-16-3-9-19(10-4-16)35-23(29)17-5-7-18(8-6-17)26(30)31/h2-13H,14H2,1H3,(H,25,28)/b24-13+. The lowest BCUT2D eigenvalue weighted by Gasteiger charge is -2.06. The van der Waals surface area contributed by atoms with Gasteiger partial charge in [-0.3, -0.25) is 25.0 Å². The van der Waals surface area contributed by atoms with Crippen molar-refractivity contribution in [2.24, 2.45) is 5.10 Å². The Kier molecular flexibility index (Phi) is 7.80. The minimum Gasteiger partial charge on any atom is -0.477 e. The van der Waals surface area contributed by atoms with E-state index in [1.165, 1.54) is 54.7 Å². The number of ether oxygens (including phenoxy) is 2. The molecule has 1 amide bonds. The van der Waals surface area contributed by atoms with Crippen molar-refractivity contribution in [3.05, 3.63) is 104 Å². The molecule has 178 valence electrons. The van der Waals surface area contributed by atoms with Gasteiger partial charge < -0.3 is 9.47 Å². The van der Waals surface area contributed by atoms with Crippen molar-refractivity contribution in [1.29, 1.82) is 0 Å². The fourth-order valence-corrected chi connectivity index (χ4v) is 2.75. The minimum atomic E-state index is -0.678. The molecule has 0 spiro atoms. The van der Waals surface area contributed by atoms with Crippen molar-refractivity contribution < 1.29 is 28.9 Å². The van der Waals surface area contributed by atoms with Gasteiger partial charge in [-0.1, -0.05) is 6.07 Å². The van der Waals surface area contributed by atoms with Crippen LogP contribution in [0.3, 0.4) is 0 Å². The first-order valence-electron chi connectivity index (χ1n) is 9.99. The Morgan fingerprint density at radius 3 is 2.29 bits per heavy atom. The second-order valence-electron chi connectivity index (χ2n) is 7.07. The monoisotopic (exact) mass is 478 g/mol. The summed E-state index contributed by atoms with van der Waals surface area (Å²) in [6.07, 6.45) is 1.34. The van der Waals surface area contributed by atoms with Crippen molar-refractivity contribution in [3.63, 3.8) is 0 Å². The van der Waals surface area contributed by atoms with E-state index in [0.717, 1.165) is 0 Å². The number of nitro benzene ring substituents is 2. The molecule has 0 atom stereocenters. The van der Waals surface area contributed by atoms with Crippen molar-refractivity contribution in [1.82, 2.24) is 5.43 Å². The highest BCUT2D eigenvalue weighted by Crippen LogP contribution is 2.27. The van der Waals surface area contributed by atoms with Gasteiger partial charge >= 0.3 is 11.7 Å². The largest absolute Gasteiger partial charge is 0.477 e. The molecule has 0 saturated heterocycles. The lowest BCUT2D eigenvalue weighted by Crippen LogP contribution is -2.24. The Hall–Kier alpha value is -5.13. The molecule has 0 heterocycles. The van der Waals surface area contributed by atoms with E-state index in [1.54, 1.807) is 25.1 Å². The van der Waals surface area contributed by atoms with Crippen LogP contribution < -0.4 is 14.9 Å². The highest BCUT2D eigenvalue weighted by Gasteiger charge is 2.16. The van der Waals surface area contributed by atoms with Gasteiger partial charge in [0.2, 0.25) is 0 Å². The van der Waals surface area contributed by atoms with E-state index in [9.17, 15) is 29.8 Å². The van der Waals surface area contributed by atoms with Crippen LogP contribution in [0.2, 0.25) is 0 Å². The molecule has 3 aromatic carbocycles. The summed E-state index contributed by atoms with van der Waals surface area (Å²) >= 11 is 0. The molecule has 0 fully saturated rings. The molecule has 0 bridgehead atoms. The number of esters is 1. The second kappa shape index (κ2) is 11.1. The number of carbonyl (C=O) groups is 2. The molecule has 3 aromatic rings. The van der Waals surface area contributed by atoms with Crippen molar-refractivity contribution in [2.45, 2.75) is 6.92 Å². The van der Waals surface area contributed by atoms with Crippen LogP contribution in [0.5, 0.6) is 11.5 Å². The highest BCUT2D eigenvalue weighted by molar-refractivity contribution is 5.91. The molecule has 1 N–H and O–H groups in total. The number of hydrogen-bond acceptors (Lipinski definition) is 9. The number of nitro groups is 2. The molecular formula is C23H18N4O8.